The van der Waals surface area contributed by atoms with E-state index in [1.807, 2.05) is 0 Å². The maximum atomic E-state index is 0. The molecule has 0 heterocycles. The maximum Gasteiger partial charge on any atom is 1.00 e. The van der Waals surface area contributed by atoms with E-state index in [9.17, 15) is 0 Å². The average molecular weight is 251 g/mol. The summed E-state index contributed by atoms with van der Waals surface area (Å²) in [6.07, 6.45) is 0. The molecule has 0 rings (SSSR count). The summed E-state index contributed by atoms with van der Waals surface area (Å²) in [5.41, 5.74) is 0. The van der Waals surface area contributed by atoms with Crippen molar-refractivity contribution in [2.45, 2.75) is 0 Å². The summed E-state index contributed by atoms with van der Waals surface area (Å²) in [7, 11) is 0. The molecule has 0 radical (unpaired) electrons. The van der Waals surface area contributed by atoms with Gasteiger partial charge >= 0.3 is 29.6 Å². The van der Waals surface area contributed by atoms with Crippen LogP contribution in [-0.4, -0.2) is 0 Å². The van der Waals surface area contributed by atoms with Crippen molar-refractivity contribution in [3.63, 3.8) is 0 Å². The van der Waals surface area contributed by atoms with E-state index in [0.29, 0.717) is 0 Å². The zero-order valence-electron chi connectivity index (χ0n) is 3.52. The Morgan fingerprint density at radius 1 is 1.00 bits per heavy atom. The van der Waals surface area contributed by atoms with Crippen LogP contribution in [-0.2, 0) is 19.5 Å². The van der Waals surface area contributed by atoms with E-state index in [2.05, 4.69) is 0 Å². The smallest absolute Gasteiger partial charge is 1.00 e. The second-order valence-corrected chi connectivity index (χ2v) is 0. The second-order valence-electron chi connectivity index (χ2n) is 0. The minimum absolute atomic E-state index is 0. The van der Waals surface area contributed by atoms with Gasteiger partial charge in [-0.05, 0) is 0 Å². The third kappa shape index (κ3) is 8.82. The van der Waals surface area contributed by atoms with E-state index >= 15 is 0 Å². The molecule has 0 N–H and O–H groups in total. The van der Waals surface area contributed by atoms with Crippen molar-refractivity contribution in [3.8, 4) is 0 Å². The van der Waals surface area contributed by atoms with Crippen molar-refractivity contribution in [2.24, 2.45) is 0 Å². The first-order valence-electron chi connectivity index (χ1n) is 0. The Labute approximate surface area is 83.2 Å². The molecule has 20 valence electrons. The van der Waals surface area contributed by atoms with Crippen LogP contribution in [0.3, 0.4) is 0 Å². The Morgan fingerprint density at radius 3 is 1.00 bits per heavy atom. The molecule has 0 spiro atoms. The van der Waals surface area contributed by atoms with Crippen molar-refractivity contribution < 1.29 is 50.5 Å². The second kappa shape index (κ2) is 17.6. The first-order chi connectivity index (χ1) is 0. The summed E-state index contributed by atoms with van der Waals surface area (Å²) in [5.74, 6) is 0. The van der Waals surface area contributed by atoms with E-state index in [1.54, 1.807) is 0 Å². The van der Waals surface area contributed by atoms with Crippen molar-refractivity contribution in [2.75, 3.05) is 0 Å². The van der Waals surface area contributed by atoms with E-state index in [1.165, 1.54) is 0 Å². The van der Waals surface area contributed by atoms with Gasteiger partial charge in [-0.15, -0.1) is 34.0 Å². The third-order valence-corrected chi connectivity index (χ3v) is 0. The van der Waals surface area contributed by atoms with Crippen LogP contribution in [0.1, 0.15) is 1.43 Å². The van der Waals surface area contributed by atoms with Gasteiger partial charge in [-0.1, -0.05) is 0 Å². The molecule has 0 aliphatic rings. The number of rotatable bonds is 0. The van der Waals surface area contributed by atoms with E-state index in [-0.39, 0.29) is 84.4 Å². The molecule has 0 aromatic carbocycles. The summed E-state index contributed by atoms with van der Waals surface area (Å²) < 4.78 is 0. The van der Waals surface area contributed by atoms with Gasteiger partial charge in [0, 0.05) is 19.5 Å². The van der Waals surface area contributed by atoms with Gasteiger partial charge in [-0.25, -0.2) is 0 Å². The fourth-order valence-corrected chi connectivity index (χ4v) is 0. The molecule has 0 fully saturated rings. The van der Waals surface area contributed by atoms with E-state index in [4.69, 9.17) is 0 Å². The number of hydrogen-bond donors (Lipinski definition) is 0. The standard InChI is InChI=1S/2BrH.Na.Zn.H/h2*1H;;;/q;;+1;;-1. The molecule has 0 aromatic heterocycles. The Morgan fingerprint density at radius 2 is 1.00 bits per heavy atom. The molecule has 4 heteroatoms. The number of hydrogen-bond acceptors (Lipinski definition) is 0. The first kappa shape index (κ1) is 30.8. The fourth-order valence-electron chi connectivity index (χ4n) is 0. The quantitative estimate of drug-likeness (QED) is 0.449. The molecule has 0 aromatic rings. The fraction of sp³-hybridized carbons (Fsp3) is 0. The van der Waals surface area contributed by atoms with Crippen molar-refractivity contribution in [1.82, 2.24) is 0 Å². The van der Waals surface area contributed by atoms with Gasteiger partial charge in [0.05, 0.1) is 0 Å². The van der Waals surface area contributed by atoms with Gasteiger partial charge in [-0.2, -0.15) is 0 Å². The molecule has 0 aliphatic carbocycles. The average Bonchev–Trinajstić information content (AvgIpc) is 0. The zero-order valence-corrected chi connectivity index (χ0v) is 10.9. The zero-order chi connectivity index (χ0) is 0. The molecule has 0 atom stereocenters. The third-order valence-electron chi connectivity index (χ3n) is 0. The molecule has 0 saturated heterocycles. The normalized spacial score (nSPS) is 0. The van der Waals surface area contributed by atoms with E-state index < -0.39 is 0 Å². The largest absolute Gasteiger partial charge is 1.00 e. The summed E-state index contributed by atoms with van der Waals surface area (Å²) in [6.45, 7) is 0. The van der Waals surface area contributed by atoms with Gasteiger partial charge in [0.2, 0.25) is 0 Å². The molecular formula is H3Br2NaZn. The predicted molar refractivity (Wildman–Crippen MR) is 21.8 cm³/mol. The van der Waals surface area contributed by atoms with Crippen molar-refractivity contribution in [3.05, 3.63) is 0 Å². The summed E-state index contributed by atoms with van der Waals surface area (Å²) >= 11 is 0. The summed E-state index contributed by atoms with van der Waals surface area (Å²) in [4.78, 5) is 0. The van der Waals surface area contributed by atoms with Gasteiger partial charge in [0.15, 0.2) is 0 Å². The minimum Gasteiger partial charge on any atom is -1.00 e. The van der Waals surface area contributed by atoms with Gasteiger partial charge in [0.25, 0.3) is 0 Å². The van der Waals surface area contributed by atoms with Crippen LogP contribution < -0.4 is 29.6 Å². The summed E-state index contributed by atoms with van der Waals surface area (Å²) in [6, 6.07) is 0. The Hall–Kier alpha value is 2.58. The first-order valence-corrected chi connectivity index (χ1v) is 0. The molecule has 0 unspecified atom stereocenters. The van der Waals surface area contributed by atoms with Gasteiger partial charge < -0.3 is 1.43 Å². The Balaban J connectivity index is 0. The Bertz CT molecular complexity index is 9.61. The van der Waals surface area contributed by atoms with Crippen LogP contribution in [0.25, 0.3) is 0 Å². The van der Waals surface area contributed by atoms with Crippen molar-refractivity contribution >= 4 is 34.0 Å². The Kier molecular flexibility index (Phi) is 135. The van der Waals surface area contributed by atoms with Crippen LogP contribution in [0.15, 0.2) is 0 Å². The van der Waals surface area contributed by atoms with Crippen LogP contribution in [0, 0.1) is 0 Å². The molecular weight excluding hydrogens is 248 g/mol. The molecule has 0 bridgehead atoms. The molecule has 0 nitrogen and oxygen atoms in total. The van der Waals surface area contributed by atoms with Crippen LogP contribution in [0.4, 0.5) is 0 Å². The van der Waals surface area contributed by atoms with Gasteiger partial charge in [0.1, 0.15) is 0 Å². The monoisotopic (exact) mass is 248 g/mol. The van der Waals surface area contributed by atoms with Crippen LogP contribution >= 0.6 is 34.0 Å². The molecule has 0 aliphatic heterocycles. The minimum atomic E-state index is 0. The predicted octanol–water partition coefficient (Wildman–Crippen LogP) is -1.73. The van der Waals surface area contributed by atoms with Gasteiger partial charge in [-0.3, -0.25) is 0 Å². The SMILES string of the molecule is Br.Br.[H-].[Na+].[Zn]. The number of halogens is 2. The van der Waals surface area contributed by atoms with E-state index in [0.717, 1.165) is 0 Å². The maximum absolute atomic E-state index is 0. The topological polar surface area (TPSA) is 0 Å². The van der Waals surface area contributed by atoms with Crippen LogP contribution in [0.5, 0.6) is 0 Å². The van der Waals surface area contributed by atoms with Crippen molar-refractivity contribution in [1.29, 1.82) is 0 Å². The molecule has 0 saturated carbocycles. The molecule has 0 amide bonds. The molecule has 4 heavy (non-hydrogen) atoms. The van der Waals surface area contributed by atoms with Crippen LogP contribution in [0.2, 0.25) is 0 Å². The summed E-state index contributed by atoms with van der Waals surface area (Å²) in [5, 5.41) is 0.